The number of ketones is 1. The average Bonchev–Trinajstić information content (AvgIpc) is 2.63. The minimum Gasteiger partial charge on any atom is -0.461 e. The topological polar surface area (TPSA) is 78.3 Å². The van der Waals surface area contributed by atoms with E-state index in [0.29, 0.717) is 16.3 Å². The lowest BCUT2D eigenvalue weighted by Gasteiger charge is -2.13. The number of hydrogen-bond donors (Lipinski definition) is 0. The van der Waals surface area contributed by atoms with E-state index < -0.39 is 11.5 Å². The standard InChI is InChI=1S/C22H22N2O4/c1-5-28-22(27)20-16-8-6-7-9-17(16)21(26)24(23-20)12-18(25)19-14(3)10-13(2)11-15(19)4/h6-11H,5,12H2,1-4H3. The fourth-order valence-corrected chi connectivity index (χ4v) is 3.53. The van der Waals surface area contributed by atoms with Gasteiger partial charge in [0.25, 0.3) is 5.56 Å². The minimum absolute atomic E-state index is 0.0298. The first-order valence-electron chi connectivity index (χ1n) is 9.11. The Morgan fingerprint density at radius 1 is 1.04 bits per heavy atom. The summed E-state index contributed by atoms with van der Waals surface area (Å²) in [5, 5.41) is 4.91. The number of nitrogens with zero attached hydrogens (tertiary/aromatic N) is 2. The average molecular weight is 378 g/mol. The lowest BCUT2D eigenvalue weighted by atomic mass is 9.96. The number of aryl methyl sites for hydroxylation is 3. The number of carbonyl (C=O) groups is 2. The van der Waals surface area contributed by atoms with Crippen molar-refractivity contribution < 1.29 is 14.3 Å². The van der Waals surface area contributed by atoms with Gasteiger partial charge in [0.15, 0.2) is 11.5 Å². The zero-order valence-electron chi connectivity index (χ0n) is 16.4. The first-order chi connectivity index (χ1) is 13.3. The second-order valence-electron chi connectivity index (χ2n) is 6.77. The highest BCUT2D eigenvalue weighted by Crippen LogP contribution is 2.18. The van der Waals surface area contributed by atoms with Crippen LogP contribution in [-0.4, -0.2) is 28.1 Å². The Kier molecular flexibility index (Phi) is 5.40. The fraction of sp³-hybridized carbons (Fsp3) is 0.273. The molecule has 1 heterocycles. The number of rotatable bonds is 5. The molecule has 0 radical (unpaired) electrons. The Morgan fingerprint density at radius 3 is 2.25 bits per heavy atom. The van der Waals surface area contributed by atoms with Crippen LogP contribution in [0.4, 0.5) is 0 Å². The molecule has 28 heavy (non-hydrogen) atoms. The van der Waals surface area contributed by atoms with E-state index in [9.17, 15) is 14.4 Å². The number of fused-ring (bicyclic) bond motifs is 1. The quantitative estimate of drug-likeness (QED) is 0.502. The molecule has 0 aliphatic rings. The summed E-state index contributed by atoms with van der Waals surface area (Å²) < 4.78 is 6.12. The van der Waals surface area contributed by atoms with Crippen molar-refractivity contribution in [2.45, 2.75) is 34.2 Å². The van der Waals surface area contributed by atoms with Crippen LogP contribution in [0.5, 0.6) is 0 Å². The lowest BCUT2D eigenvalue weighted by molar-refractivity contribution is 0.0518. The summed E-state index contributed by atoms with van der Waals surface area (Å²) in [6.45, 7) is 7.34. The van der Waals surface area contributed by atoms with Crippen LogP contribution >= 0.6 is 0 Å². The van der Waals surface area contributed by atoms with Crippen LogP contribution in [0, 0.1) is 20.8 Å². The van der Waals surface area contributed by atoms with E-state index in [-0.39, 0.29) is 24.6 Å². The largest absolute Gasteiger partial charge is 0.461 e. The highest BCUT2D eigenvalue weighted by molar-refractivity contribution is 6.02. The second-order valence-corrected chi connectivity index (χ2v) is 6.77. The minimum atomic E-state index is -0.623. The summed E-state index contributed by atoms with van der Waals surface area (Å²) in [4.78, 5) is 38.1. The van der Waals surface area contributed by atoms with Gasteiger partial charge in [0.1, 0.15) is 6.54 Å². The smallest absolute Gasteiger partial charge is 0.359 e. The van der Waals surface area contributed by atoms with Crippen LogP contribution in [0.2, 0.25) is 0 Å². The molecule has 144 valence electrons. The zero-order chi connectivity index (χ0) is 20.4. The maximum atomic E-state index is 12.9. The summed E-state index contributed by atoms with van der Waals surface area (Å²) in [7, 11) is 0. The van der Waals surface area contributed by atoms with Crippen molar-refractivity contribution in [2.75, 3.05) is 6.61 Å². The van der Waals surface area contributed by atoms with Crippen LogP contribution < -0.4 is 5.56 Å². The second kappa shape index (κ2) is 7.76. The Morgan fingerprint density at radius 2 is 1.64 bits per heavy atom. The first kappa shape index (κ1) is 19.5. The molecule has 0 atom stereocenters. The van der Waals surface area contributed by atoms with E-state index in [4.69, 9.17) is 4.74 Å². The molecule has 0 fully saturated rings. The maximum Gasteiger partial charge on any atom is 0.359 e. The van der Waals surface area contributed by atoms with Gasteiger partial charge in [-0.05, 0) is 44.9 Å². The number of Topliss-reactive ketones (excluding diaryl/α,β-unsaturated/α-hetero) is 1. The highest BCUT2D eigenvalue weighted by Gasteiger charge is 2.20. The molecule has 3 aromatic rings. The van der Waals surface area contributed by atoms with E-state index in [1.54, 1.807) is 31.2 Å². The highest BCUT2D eigenvalue weighted by atomic mass is 16.5. The van der Waals surface area contributed by atoms with Crippen molar-refractivity contribution in [3.8, 4) is 0 Å². The predicted octanol–water partition coefficient (Wildman–Crippen LogP) is 3.38. The van der Waals surface area contributed by atoms with Crippen LogP contribution in [-0.2, 0) is 11.3 Å². The molecular weight excluding hydrogens is 356 g/mol. The maximum absolute atomic E-state index is 12.9. The van der Waals surface area contributed by atoms with E-state index in [0.717, 1.165) is 21.4 Å². The lowest BCUT2D eigenvalue weighted by Crippen LogP contribution is -2.30. The Hall–Kier alpha value is -3.28. The molecule has 0 aliphatic heterocycles. The summed E-state index contributed by atoms with van der Waals surface area (Å²) in [6, 6.07) is 10.6. The third kappa shape index (κ3) is 3.58. The molecule has 1 aromatic heterocycles. The molecule has 3 rings (SSSR count). The molecule has 0 unspecified atom stereocenters. The van der Waals surface area contributed by atoms with Crippen LogP contribution in [0.3, 0.4) is 0 Å². The Balaban J connectivity index is 2.11. The van der Waals surface area contributed by atoms with Gasteiger partial charge in [0, 0.05) is 10.9 Å². The van der Waals surface area contributed by atoms with Gasteiger partial charge in [-0.15, -0.1) is 0 Å². The third-order valence-electron chi connectivity index (χ3n) is 4.59. The van der Waals surface area contributed by atoms with Crippen molar-refractivity contribution in [1.82, 2.24) is 9.78 Å². The molecular formula is C22H22N2O4. The van der Waals surface area contributed by atoms with Gasteiger partial charge in [-0.2, -0.15) is 5.10 Å². The van der Waals surface area contributed by atoms with Gasteiger partial charge in [-0.1, -0.05) is 35.9 Å². The summed E-state index contributed by atoms with van der Waals surface area (Å²) >= 11 is 0. The van der Waals surface area contributed by atoms with Gasteiger partial charge < -0.3 is 4.74 Å². The predicted molar refractivity (Wildman–Crippen MR) is 107 cm³/mol. The first-order valence-corrected chi connectivity index (χ1v) is 9.11. The van der Waals surface area contributed by atoms with Gasteiger partial charge in [-0.3, -0.25) is 9.59 Å². The number of ether oxygens (including phenoxy) is 1. The molecule has 0 amide bonds. The molecule has 0 saturated heterocycles. The van der Waals surface area contributed by atoms with Crippen molar-refractivity contribution in [2.24, 2.45) is 0 Å². The van der Waals surface area contributed by atoms with Crippen LogP contribution in [0.1, 0.15) is 44.5 Å². The molecule has 0 saturated carbocycles. The summed E-state index contributed by atoms with van der Waals surface area (Å²) in [6.07, 6.45) is 0. The molecule has 0 aliphatic carbocycles. The van der Waals surface area contributed by atoms with Crippen LogP contribution in [0.15, 0.2) is 41.2 Å². The number of esters is 1. The Bertz CT molecular complexity index is 1120. The zero-order valence-corrected chi connectivity index (χ0v) is 16.4. The van der Waals surface area contributed by atoms with Crippen molar-refractivity contribution in [3.63, 3.8) is 0 Å². The Labute approximate surface area is 162 Å². The van der Waals surface area contributed by atoms with Crippen molar-refractivity contribution >= 4 is 22.5 Å². The van der Waals surface area contributed by atoms with Gasteiger partial charge in [0.2, 0.25) is 0 Å². The van der Waals surface area contributed by atoms with Gasteiger partial charge in [0.05, 0.1) is 12.0 Å². The molecule has 0 N–H and O–H groups in total. The molecule has 6 nitrogen and oxygen atoms in total. The number of hydrogen-bond acceptors (Lipinski definition) is 5. The van der Waals surface area contributed by atoms with Crippen molar-refractivity contribution in [1.29, 1.82) is 0 Å². The fourth-order valence-electron chi connectivity index (χ4n) is 3.53. The molecule has 6 heteroatoms. The van der Waals surface area contributed by atoms with E-state index in [1.807, 2.05) is 32.9 Å². The number of carbonyl (C=O) groups excluding carboxylic acids is 2. The number of aromatic nitrogens is 2. The van der Waals surface area contributed by atoms with Crippen molar-refractivity contribution in [3.05, 3.63) is 74.7 Å². The van der Waals surface area contributed by atoms with E-state index >= 15 is 0 Å². The number of benzene rings is 2. The van der Waals surface area contributed by atoms with Crippen LogP contribution in [0.25, 0.3) is 10.8 Å². The molecule has 0 bridgehead atoms. The monoisotopic (exact) mass is 378 g/mol. The van der Waals surface area contributed by atoms with Gasteiger partial charge >= 0.3 is 5.97 Å². The van der Waals surface area contributed by atoms with E-state index in [1.165, 1.54) is 0 Å². The molecule has 0 spiro atoms. The van der Waals surface area contributed by atoms with Gasteiger partial charge in [-0.25, -0.2) is 9.48 Å². The normalized spacial score (nSPS) is 10.9. The summed E-state index contributed by atoms with van der Waals surface area (Å²) in [5.74, 6) is -0.850. The van der Waals surface area contributed by atoms with E-state index in [2.05, 4.69) is 5.10 Å². The summed E-state index contributed by atoms with van der Waals surface area (Å²) in [5.41, 5.74) is 2.95. The SMILES string of the molecule is CCOC(=O)c1nn(CC(=O)c2c(C)cc(C)cc2C)c(=O)c2ccccc12. The molecule has 2 aromatic carbocycles. The third-order valence-corrected chi connectivity index (χ3v) is 4.59.